The van der Waals surface area contributed by atoms with Gasteiger partial charge in [-0.15, -0.1) is 0 Å². The molecule has 0 radical (unpaired) electrons. The Morgan fingerprint density at radius 2 is 2.14 bits per heavy atom. The van der Waals surface area contributed by atoms with Crippen LogP contribution >= 0.6 is 0 Å². The van der Waals surface area contributed by atoms with Crippen LogP contribution in [0.25, 0.3) is 0 Å². The summed E-state index contributed by atoms with van der Waals surface area (Å²) in [6.07, 6.45) is -1.49. The first-order chi connectivity index (χ1) is 9.89. The molecule has 0 aliphatic heterocycles. The van der Waals surface area contributed by atoms with Crippen LogP contribution in [-0.2, 0) is 12.6 Å². The van der Waals surface area contributed by atoms with E-state index >= 15 is 0 Å². The van der Waals surface area contributed by atoms with Crippen molar-refractivity contribution in [2.45, 2.75) is 19.5 Å². The van der Waals surface area contributed by atoms with Crippen LogP contribution in [0, 0.1) is 6.92 Å². The van der Waals surface area contributed by atoms with Gasteiger partial charge in [-0.05, 0) is 30.7 Å². The molecule has 2 aromatic rings. The summed E-state index contributed by atoms with van der Waals surface area (Å²) in [4.78, 5) is 18.3. The molecule has 112 valence electrons. The summed E-state index contributed by atoms with van der Waals surface area (Å²) in [5, 5.41) is 2.58. The molecule has 2 rings (SSSR count). The maximum atomic E-state index is 12.8. The van der Waals surface area contributed by atoms with Crippen molar-refractivity contribution in [1.82, 2.24) is 15.3 Å². The topological polar surface area (TPSA) is 57.8 Å². The van der Waals surface area contributed by atoms with Gasteiger partial charge in [0.15, 0.2) is 0 Å². The molecule has 2 N–H and O–H groups in total. The zero-order valence-corrected chi connectivity index (χ0v) is 11.3. The summed E-state index contributed by atoms with van der Waals surface area (Å²) in [7, 11) is 0. The number of halogens is 3. The van der Waals surface area contributed by atoms with Gasteiger partial charge in [-0.25, -0.2) is 0 Å². The Labute approximate surface area is 119 Å². The SMILES string of the molecule is Cc1cc[nH]c1C(=O)NCCc1ncccc1C(F)(F)F. The second-order valence-corrected chi connectivity index (χ2v) is 4.54. The van der Waals surface area contributed by atoms with E-state index in [1.165, 1.54) is 12.3 Å². The number of nitrogens with one attached hydrogen (secondary N) is 2. The fourth-order valence-corrected chi connectivity index (χ4v) is 1.97. The van der Waals surface area contributed by atoms with Gasteiger partial charge >= 0.3 is 6.18 Å². The predicted molar refractivity (Wildman–Crippen MR) is 70.8 cm³/mol. The molecule has 0 bridgehead atoms. The highest BCUT2D eigenvalue weighted by Gasteiger charge is 2.33. The van der Waals surface area contributed by atoms with Crippen molar-refractivity contribution in [3.05, 3.63) is 53.1 Å². The number of nitrogens with zero attached hydrogens (tertiary/aromatic N) is 1. The van der Waals surface area contributed by atoms with Gasteiger partial charge < -0.3 is 10.3 Å². The number of hydrogen-bond donors (Lipinski definition) is 2. The molecule has 2 aromatic heterocycles. The number of carbonyl (C=O) groups excluding carboxylic acids is 1. The number of aromatic amines is 1. The first-order valence-corrected chi connectivity index (χ1v) is 6.33. The number of aromatic nitrogens is 2. The molecule has 4 nitrogen and oxygen atoms in total. The molecule has 0 saturated carbocycles. The highest BCUT2D eigenvalue weighted by atomic mass is 19.4. The van der Waals surface area contributed by atoms with Crippen LogP contribution in [0.4, 0.5) is 13.2 Å². The maximum Gasteiger partial charge on any atom is 0.418 e. The zero-order chi connectivity index (χ0) is 15.5. The van der Waals surface area contributed by atoms with E-state index in [0.717, 1.165) is 11.6 Å². The standard InChI is InChI=1S/C14H14F3N3O/c1-9-4-7-19-12(9)13(21)20-8-5-11-10(14(15,16)17)3-2-6-18-11/h2-4,6-7,19H,5,8H2,1H3,(H,20,21). The summed E-state index contributed by atoms with van der Waals surface area (Å²) in [5.74, 6) is -0.345. The highest BCUT2D eigenvalue weighted by molar-refractivity contribution is 5.93. The van der Waals surface area contributed by atoms with Gasteiger partial charge in [-0.2, -0.15) is 13.2 Å². The molecule has 0 fully saturated rings. The average molecular weight is 297 g/mol. The van der Waals surface area contributed by atoms with E-state index < -0.39 is 11.7 Å². The Morgan fingerprint density at radius 1 is 1.38 bits per heavy atom. The van der Waals surface area contributed by atoms with Crippen molar-refractivity contribution in [1.29, 1.82) is 0 Å². The van der Waals surface area contributed by atoms with E-state index in [0.29, 0.717) is 5.69 Å². The number of carbonyl (C=O) groups is 1. The Balaban J connectivity index is 1.99. The zero-order valence-electron chi connectivity index (χ0n) is 11.3. The lowest BCUT2D eigenvalue weighted by Gasteiger charge is -2.11. The lowest BCUT2D eigenvalue weighted by molar-refractivity contribution is -0.138. The van der Waals surface area contributed by atoms with E-state index in [2.05, 4.69) is 15.3 Å². The summed E-state index contributed by atoms with van der Waals surface area (Å²) < 4.78 is 38.3. The Morgan fingerprint density at radius 3 is 2.76 bits per heavy atom. The minimum atomic E-state index is -4.44. The quantitative estimate of drug-likeness (QED) is 0.911. The van der Waals surface area contributed by atoms with Gasteiger partial charge in [-0.1, -0.05) is 0 Å². The van der Waals surface area contributed by atoms with Crippen LogP contribution in [0.5, 0.6) is 0 Å². The third-order valence-corrected chi connectivity index (χ3v) is 3.03. The van der Waals surface area contributed by atoms with Gasteiger partial charge in [-0.3, -0.25) is 9.78 Å². The molecule has 0 atom stereocenters. The minimum absolute atomic E-state index is 0.0151. The molecule has 0 saturated heterocycles. The van der Waals surface area contributed by atoms with Gasteiger partial charge in [0.25, 0.3) is 5.91 Å². The molecule has 0 spiro atoms. The third kappa shape index (κ3) is 3.62. The molecule has 7 heteroatoms. The second kappa shape index (κ2) is 5.99. The monoisotopic (exact) mass is 297 g/mol. The molecule has 0 unspecified atom stereocenters. The Hall–Kier alpha value is -2.31. The van der Waals surface area contributed by atoms with E-state index in [1.54, 1.807) is 19.2 Å². The Bertz CT molecular complexity index is 634. The summed E-state index contributed by atoms with van der Waals surface area (Å²) in [5.41, 5.74) is 0.345. The molecule has 0 aliphatic rings. The number of rotatable bonds is 4. The van der Waals surface area contributed by atoms with Crippen molar-refractivity contribution in [3.63, 3.8) is 0 Å². The fraction of sp³-hybridized carbons (Fsp3) is 0.286. The molecule has 21 heavy (non-hydrogen) atoms. The van der Waals surface area contributed by atoms with Gasteiger partial charge in [0, 0.05) is 25.4 Å². The lowest BCUT2D eigenvalue weighted by atomic mass is 10.1. The Kier molecular flexibility index (Phi) is 4.30. The number of pyridine rings is 1. The van der Waals surface area contributed by atoms with E-state index in [9.17, 15) is 18.0 Å². The van der Waals surface area contributed by atoms with Crippen LogP contribution in [0.2, 0.25) is 0 Å². The number of hydrogen-bond acceptors (Lipinski definition) is 2. The van der Waals surface area contributed by atoms with Crippen LogP contribution in [0.1, 0.15) is 27.3 Å². The van der Waals surface area contributed by atoms with Gasteiger partial charge in [0.05, 0.1) is 11.3 Å². The second-order valence-electron chi connectivity index (χ2n) is 4.54. The molecule has 0 aromatic carbocycles. The molecule has 0 aliphatic carbocycles. The van der Waals surface area contributed by atoms with Gasteiger partial charge in [0.2, 0.25) is 0 Å². The van der Waals surface area contributed by atoms with Crippen LogP contribution in [0.3, 0.4) is 0 Å². The first-order valence-electron chi connectivity index (χ1n) is 6.33. The number of H-pyrrole nitrogens is 1. The molecular weight excluding hydrogens is 283 g/mol. The van der Waals surface area contributed by atoms with E-state index in [-0.39, 0.29) is 24.6 Å². The van der Waals surface area contributed by atoms with E-state index in [1.807, 2.05) is 0 Å². The maximum absolute atomic E-state index is 12.8. The normalized spacial score (nSPS) is 11.4. The predicted octanol–water partition coefficient (Wildman–Crippen LogP) is 2.71. The van der Waals surface area contributed by atoms with Gasteiger partial charge in [0.1, 0.15) is 5.69 Å². The summed E-state index contributed by atoms with van der Waals surface area (Å²) in [6.45, 7) is 1.85. The number of alkyl halides is 3. The van der Waals surface area contributed by atoms with Crippen molar-refractivity contribution in [3.8, 4) is 0 Å². The molecular formula is C14H14F3N3O. The fourth-order valence-electron chi connectivity index (χ4n) is 1.97. The summed E-state index contributed by atoms with van der Waals surface area (Å²) in [6, 6.07) is 3.97. The average Bonchev–Trinajstić information content (AvgIpc) is 2.84. The van der Waals surface area contributed by atoms with E-state index in [4.69, 9.17) is 0 Å². The van der Waals surface area contributed by atoms with Crippen molar-refractivity contribution in [2.75, 3.05) is 6.54 Å². The van der Waals surface area contributed by atoms with Crippen LogP contribution in [-0.4, -0.2) is 22.4 Å². The molecule has 1 amide bonds. The minimum Gasteiger partial charge on any atom is -0.357 e. The third-order valence-electron chi connectivity index (χ3n) is 3.03. The first kappa shape index (κ1) is 15.1. The summed E-state index contributed by atoms with van der Waals surface area (Å²) >= 11 is 0. The highest BCUT2D eigenvalue weighted by Crippen LogP contribution is 2.30. The smallest absolute Gasteiger partial charge is 0.357 e. The van der Waals surface area contributed by atoms with Crippen LogP contribution in [0.15, 0.2) is 30.6 Å². The lowest BCUT2D eigenvalue weighted by Crippen LogP contribution is -2.27. The van der Waals surface area contributed by atoms with Crippen molar-refractivity contribution in [2.24, 2.45) is 0 Å². The largest absolute Gasteiger partial charge is 0.418 e. The number of aryl methyl sites for hydroxylation is 1. The van der Waals surface area contributed by atoms with Crippen molar-refractivity contribution >= 4 is 5.91 Å². The molecule has 2 heterocycles. The van der Waals surface area contributed by atoms with Crippen molar-refractivity contribution < 1.29 is 18.0 Å². The van der Waals surface area contributed by atoms with Crippen LogP contribution < -0.4 is 5.32 Å². The number of amides is 1.